The average Bonchev–Trinajstić information content (AvgIpc) is 2.68. The first-order chi connectivity index (χ1) is 9.26. The third kappa shape index (κ3) is 3.57. The number of hydrogen-bond donors (Lipinski definition) is 1. The fourth-order valence-corrected chi connectivity index (χ4v) is 2.80. The molecular weight excluding hydrogens is 255 g/mol. The van der Waals surface area contributed by atoms with Crippen LogP contribution in [0.5, 0.6) is 0 Å². The molecule has 1 aliphatic rings. The summed E-state index contributed by atoms with van der Waals surface area (Å²) in [5.41, 5.74) is 7.90. The number of nitrogens with two attached hydrogens (primary N) is 1. The second-order valence-corrected chi connectivity index (χ2v) is 6.80. The topological polar surface area (TPSA) is 46.3 Å². The van der Waals surface area contributed by atoms with Gasteiger partial charge in [-0.05, 0) is 36.0 Å². The lowest BCUT2D eigenvalue weighted by Gasteiger charge is -2.25. The Kier molecular flexibility index (Phi) is 4.14. The van der Waals surface area contributed by atoms with Gasteiger partial charge in [0.2, 0.25) is 5.91 Å². The minimum atomic E-state index is -0.303. The van der Waals surface area contributed by atoms with Crippen LogP contribution in [0.1, 0.15) is 39.2 Å². The molecular formula is C16H23FN2O. The Morgan fingerprint density at radius 2 is 2.15 bits per heavy atom. The Labute approximate surface area is 120 Å². The summed E-state index contributed by atoms with van der Waals surface area (Å²) in [6.07, 6.45) is 1.89. The fraction of sp³-hybridized carbons (Fsp3) is 0.562. The molecule has 1 amide bonds. The second kappa shape index (κ2) is 5.52. The predicted octanol–water partition coefficient (Wildman–Crippen LogP) is 2.87. The van der Waals surface area contributed by atoms with E-state index in [1.165, 1.54) is 12.1 Å². The van der Waals surface area contributed by atoms with E-state index in [-0.39, 0.29) is 23.2 Å². The van der Waals surface area contributed by atoms with E-state index < -0.39 is 0 Å². The normalized spacial score (nSPS) is 16.1. The van der Waals surface area contributed by atoms with Gasteiger partial charge in [-0.15, -0.1) is 0 Å². The molecule has 0 fully saturated rings. The van der Waals surface area contributed by atoms with Crippen molar-refractivity contribution in [3.63, 3.8) is 0 Å². The highest BCUT2D eigenvalue weighted by molar-refractivity contribution is 5.95. The SMILES string of the molecule is CC(C)(C)CC(N)CC(=O)N1CCc2ccc(F)cc21. The van der Waals surface area contributed by atoms with E-state index >= 15 is 0 Å². The van der Waals surface area contributed by atoms with Crippen molar-refractivity contribution in [2.45, 2.75) is 46.1 Å². The highest BCUT2D eigenvalue weighted by Gasteiger charge is 2.27. The molecule has 1 heterocycles. The molecule has 4 heteroatoms. The van der Waals surface area contributed by atoms with Crippen LogP contribution in [0.3, 0.4) is 0 Å². The van der Waals surface area contributed by atoms with Crippen LogP contribution in [0.4, 0.5) is 10.1 Å². The summed E-state index contributed by atoms with van der Waals surface area (Å²) in [5.74, 6) is -0.312. The molecule has 1 aliphatic heterocycles. The summed E-state index contributed by atoms with van der Waals surface area (Å²) < 4.78 is 13.3. The van der Waals surface area contributed by atoms with Crippen molar-refractivity contribution in [2.75, 3.05) is 11.4 Å². The average molecular weight is 278 g/mol. The van der Waals surface area contributed by atoms with Crippen LogP contribution in [0, 0.1) is 11.2 Å². The molecule has 0 bridgehead atoms. The zero-order chi connectivity index (χ0) is 14.9. The minimum Gasteiger partial charge on any atom is -0.327 e. The van der Waals surface area contributed by atoms with Crippen LogP contribution in [0.2, 0.25) is 0 Å². The molecule has 2 N–H and O–H groups in total. The summed E-state index contributed by atoms with van der Waals surface area (Å²) >= 11 is 0. The van der Waals surface area contributed by atoms with Crippen LogP contribution in [0.15, 0.2) is 18.2 Å². The number of fused-ring (bicyclic) bond motifs is 1. The van der Waals surface area contributed by atoms with Gasteiger partial charge in [-0.2, -0.15) is 0 Å². The molecule has 1 aromatic rings. The maximum Gasteiger partial charge on any atom is 0.228 e. The lowest BCUT2D eigenvalue weighted by molar-refractivity contribution is -0.118. The molecule has 0 saturated carbocycles. The first-order valence-corrected chi connectivity index (χ1v) is 7.11. The number of carbonyl (C=O) groups is 1. The van der Waals surface area contributed by atoms with Gasteiger partial charge in [-0.1, -0.05) is 26.8 Å². The van der Waals surface area contributed by atoms with Crippen LogP contribution in [0.25, 0.3) is 0 Å². The quantitative estimate of drug-likeness (QED) is 0.924. The first kappa shape index (κ1) is 15.0. The van der Waals surface area contributed by atoms with E-state index in [0.29, 0.717) is 18.7 Å². The van der Waals surface area contributed by atoms with Crippen LogP contribution in [-0.4, -0.2) is 18.5 Å². The Balaban J connectivity index is 2.04. The molecule has 20 heavy (non-hydrogen) atoms. The molecule has 0 aliphatic carbocycles. The summed E-state index contributed by atoms with van der Waals surface area (Å²) in [4.78, 5) is 14.0. The van der Waals surface area contributed by atoms with Gasteiger partial charge in [0.05, 0.1) is 0 Å². The smallest absolute Gasteiger partial charge is 0.228 e. The van der Waals surface area contributed by atoms with Gasteiger partial charge in [0.15, 0.2) is 0 Å². The van der Waals surface area contributed by atoms with Crippen molar-refractivity contribution >= 4 is 11.6 Å². The Bertz CT molecular complexity index is 508. The predicted molar refractivity (Wildman–Crippen MR) is 79.1 cm³/mol. The molecule has 1 unspecified atom stereocenters. The molecule has 0 spiro atoms. The van der Waals surface area contributed by atoms with Gasteiger partial charge in [-0.25, -0.2) is 4.39 Å². The zero-order valence-electron chi connectivity index (χ0n) is 12.4. The number of halogens is 1. The summed E-state index contributed by atoms with van der Waals surface area (Å²) in [6.45, 7) is 6.95. The van der Waals surface area contributed by atoms with Gasteiger partial charge in [-0.3, -0.25) is 4.79 Å². The maximum atomic E-state index is 13.3. The molecule has 0 aromatic heterocycles. The molecule has 1 atom stereocenters. The van der Waals surface area contributed by atoms with Crippen molar-refractivity contribution in [1.29, 1.82) is 0 Å². The Morgan fingerprint density at radius 3 is 2.80 bits per heavy atom. The molecule has 0 radical (unpaired) electrons. The second-order valence-electron chi connectivity index (χ2n) is 6.80. The van der Waals surface area contributed by atoms with Crippen LogP contribution >= 0.6 is 0 Å². The summed E-state index contributed by atoms with van der Waals surface area (Å²) in [5, 5.41) is 0. The van der Waals surface area contributed by atoms with Crippen molar-refractivity contribution in [3.8, 4) is 0 Å². The number of amides is 1. The van der Waals surface area contributed by atoms with Gasteiger partial charge >= 0.3 is 0 Å². The van der Waals surface area contributed by atoms with E-state index in [1.807, 2.05) is 0 Å². The number of carbonyl (C=O) groups excluding carboxylic acids is 1. The third-order valence-corrected chi connectivity index (χ3v) is 3.56. The maximum absolute atomic E-state index is 13.3. The largest absolute Gasteiger partial charge is 0.327 e. The van der Waals surface area contributed by atoms with E-state index in [0.717, 1.165) is 18.4 Å². The Hall–Kier alpha value is -1.42. The number of anilines is 1. The number of rotatable bonds is 3. The van der Waals surface area contributed by atoms with Crippen molar-refractivity contribution < 1.29 is 9.18 Å². The lowest BCUT2D eigenvalue weighted by Crippen LogP contribution is -2.36. The lowest BCUT2D eigenvalue weighted by atomic mass is 9.87. The van der Waals surface area contributed by atoms with Gasteiger partial charge in [0, 0.05) is 24.7 Å². The molecule has 3 nitrogen and oxygen atoms in total. The number of benzene rings is 1. The zero-order valence-corrected chi connectivity index (χ0v) is 12.4. The molecule has 1 aromatic carbocycles. The minimum absolute atomic E-state index is 0.00824. The van der Waals surface area contributed by atoms with E-state index in [9.17, 15) is 9.18 Å². The summed E-state index contributed by atoms with van der Waals surface area (Å²) in [6, 6.07) is 4.49. The number of hydrogen-bond acceptors (Lipinski definition) is 2. The first-order valence-electron chi connectivity index (χ1n) is 7.11. The standard InChI is InChI=1S/C16H23FN2O/c1-16(2,3)10-13(18)9-15(20)19-7-6-11-4-5-12(17)8-14(11)19/h4-5,8,13H,6-7,9-10,18H2,1-3H3. The monoisotopic (exact) mass is 278 g/mol. The molecule has 110 valence electrons. The van der Waals surface area contributed by atoms with E-state index in [1.54, 1.807) is 11.0 Å². The highest BCUT2D eigenvalue weighted by Crippen LogP contribution is 2.30. The van der Waals surface area contributed by atoms with Crippen molar-refractivity contribution in [1.82, 2.24) is 0 Å². The molecule has 0 saturated heterocycles. The van der Waals surface area contributed by atoms with Crippen molar-refractivity contribution in [3.05, 3.63) is 29.6 Å². The summed E-state index contributed by atoms with van der Waals surface area (Å²) in [7, 11) is 0. The fourth-order valence-electron chi connectivity index (χ4n) is 2.80. The highest BCUT2D eigenvalue weighted by atomic mass is 19.1. The van der Waals surface area contributed by atoms with Crippen LogP contribution < -0.4 is 10.6 Å². The van der Waals surface area contributed by atoms with Gasteiger partial charge in [0.25, 0.3) is 0 Å². The number of nitrogens with zero attached hydrogens (tertiary/aromatic N) is 1. The van der Waals surface area contributed by atoms with Crippen molar-refractivity contribution in [2.24, 2.45) is 11.1 Å². The Morgan fingerprint density at radius 1 is 1.45 bits per heavy atom. The van der Waals surface area contributed by atoms with E-state index in [2.05, 4.69) is 20.8 Å². The van der Waals surface area contributed by atoms with Gasteiger partial charge < -0.3 is 10.6 Å². The van der Waals surface area contributed by atoms with Crippen LogP contribution in [-0.2, 0) is 11.2 Å². The van der Waals surface area contributed by atoms with Gasteiger partial charge in [0.1, 0.15) is 5.82 Å². The molecule has 2 rings (SSSR count). The third-order valence-electron chi connectivity index (χ3n) is 3.56. The van der Waals surface area contributed by atoms with E-state index in [4.69, 9.17) is 5.73 Å².